The van der Waals surface area contributed by atoms with Gasteiger partial charge in [0.15, 0.2) is 5.96 Å². The Morgan fingerprint density at radius 2 is 2.12 bits per heavy atom. The third-order valence-electron chi connectivity index (χ3n) is 3.80. The van der Waals surface area contributed by atoms with Gasteiger partial charge in [0.1, 0.15) is 6.54 Å². The van der Waals surface area contributed by atoms with E-state index in [1.807, 2.05) is 32.0 Å². The number of carbonyl (C=O) groups is 1. The molecule has 1 amide bonds. The Morgan fingerprint density at radius 3 is 2.83 bits per heavy atom. The number of benzene rings is 1. The van der Waals surface area contributed by atoms with Crippen molar-refractivity contribution in [1.82, 2.24) is 16.0 Å². The molecule has 0 radical (unpaired) electrons. The molecule has 1 saturated heterocycles. The summed E-state index contributed by atoms with van der Waals surface area (Å²) in [5.41, 5.74) is 1.14. The van der Waals surface area contributed by atoms with Crippen LogP contribution in [0.15, 0.2) is 29.3 Å². The molecule has 1 aliphatic rings. The molecule has 24 heavy (non-hydrogen) atoms. The van der Waals surface area contributed by atoms with Gasteiger partial charge in [-0.15, -0.1) is 0 Å². The predicted octanol–water partition coefficient (Wildman–Crippen LogP) is 1.61. The summed E-state index contributed by atoms with van der Waals surface area (Å²) in [6.07, 6.45) is 1.01. The number of carbonyl (C=O) groups excluding carboxylic acids is 1. The van der Waals surface area contributed by atoms with Gasteiger partial charge in [-0.25, -0.2) is 4.99 Å². The van der Waals surface area contributed by atoms with E-state index in [1.54, 1.807) is 0 Å². The van der Waals surface area contributed by atoms with Crippen LogP contribution in [0, 0.1) is 0 Å². The van der Waals surface area contributed by atoms with Gasteiger partial charge in [-0.2, -0.15) is 0 Å². The molecule has 2 rings (SSSR count). The van der Waals surface area contributed by atoms with E-state index in [0.717, 1.165) is 36.8 Å². The Morgan fingerprint density at radius 1 is 1.33 bits per heavy atom. The van der Waals surface area contributed by atoms with Crippen LogP contribution in [0.4, 0.5) is 5.69 Å². The van der Waals surface area contributed by atoms with Crippen LogP contribution in [0.5, 0.6) is 0 Å². The lowest BCUT2D eigenvalue weighted by atomic mass is 10.3. The second kappa shape index (κ2) is 9.37. The third kappa shape index (κ3) is 5.60. The van der Waals surface area contributed by atoms with Gasteiger partial charge in [0.25, 0.3) is 0 Å². The van der Waals surface area contributed by atoms with E-state index in [0.29, 0.717) is 12.5 Å². The van der Waals surface area contributed by atoms with Crippen molar-refractivity contribution in [3.8, 4) is 0 Å². The van der Waals surface area contributed by atoms with Crippen LogP contribution in [0.2, 0.25) is 5.02 Å². The Balaban J connectivity index is 1.91. The Hall–Kier alpha value is -1.95. The number of likely N-dealkylation sites (N-methyl/N-ethyl adjacent to an activating group) is 1. The molecule has 1 aliphatic heterocycles. The van der Waals surface area contributed by atoms with Crippen LogP contribution in [0.3, 0.4) is 0 Å². The van der Waals surface area contributed by atoms with E-state index in [-0.39, 0.29) is 18.5 Å². The second-order valence-electron chi connectivity index (χ2n) is 5.70. The summed E-state index contributed by atoms with van der Waals surface area (Å²) in [5, 5.41) is 10.1. The fraction of sp³-hybridized carbons (Fsp3) is 0.529. The van der Waals surface area contributed by atoms with Crippen LogP contribution in [-0.2, 0) is 4.79 Å². The SMILES string of the molecule is CCNC(=O)CN=C(NCC)NC1CCN(c2cccc(Cl)c2)C1. The quantitative estimate of drug-likeness (QED) is 0.538. The highest BCUT2D eigenvalue weighted by Crippen LogP contribution is 2.23. The third-order valence-corrected chi connectivity index (χ3v) is 4.04. The minimum Gasteiger partial charge on any atom is -0.369 e. The molecule has 0 spiro atoms. The summed E-state index contributed by atoms with van der Waals surface area (Å²) >= 11 is 6.07. The van der Waals surface area contributed by atoms with Gasteiger partial charge in [0.05, 0.1) is 0 Å². The zero-order valence-corrected chi connectivity index (χ0v) is 15.1. The van der Waals surface area contributed by atoms with Crippen LogP contribution >= 0.6 is 11.6 Å². The number of guanidine groups is 1. The molecule has 0 saturated carbocycles. The average molecular weight is 352 g/mol. The molecule has 0 bridgehead atoms. The van der Waals surface area contributed by atoms with E-state index >= 15 is 0 Å². The van der Waals surface area contributed by atoms with E-state index in [4.69, 9.17) is 11.6 Å². The highest BCUT2D eigenvalue weighted by Gasteiger charge is 2.23. The molecule has 0 aromatic heterocycles. The Labute approximate surface area is 148 Å². The summed E-state index contributed by atoms with van der Waals surface area (Å²) in [5.74, 6) is 0.614. The molecule has 1 aromatic rings. The summed E-state index contributed by atoms with van der Waals surface area (Å²) in [6, 6.07) is 8.20. The standard InChI is InChI=1S/C17H26ClN5O/c1-3-19-16(24)11-21-17(20-4-2)22-14-8-9-23(12-14)15-7-5-6-13(18)10-15/h5-7,10,14H,3-4,8-9,11-12H2,1-2H3,(H,19,24)(H2,20,21,22). The highest BCUT2D eigenvalue weighted by molar-refractivity contribution is 6.30. The van der Waals surface area contributed by atoms with Crippen molar-refractivity contribution in [2.75, 3.05) is 37.6 Å². The van der Waals surface area contributed by atoms with Crippen molar-refractivity contribution < 1.29 is 4.79 Å². The maximum Gasteiger partial charge on any atom is 0.241 e. The number of nitrogens with one attached hydrogen (secondary N) is 3. The van der Waals surface area contributed by atoms with E-state index < -0.39 is 0 Å². The largest absolute Gasteiger partial charge is 0.369 e. The smallest absolute Gasteiger partial charge is 0.241 e. The Kier molecular flexibility index (Phi) is 7.18. The number of halogens is 1. The van der Waals surface area contributed by atoms with Crippen molar-refractivity contribution in [2.24, 2.45) is 4.99 Å². The molecule has 1 atom stereocenters. The maximum absolute atomic E-state index is 11.6. The molecular weight excluding hydrogens is 326 g/mol. The maximum atomic E-state index is 11.6. The molecule has 0 aliphatic carbocycles. The lowest BCUT2D eigenvalue weighted by Gasteiger charge is -2.20. The summed E-state index contributed by atoms with van der Waals surface area (Å²) in [4.78, 5) is 18.2. The van der Waals surface area contributed by atoms with Gasteiger partial charge < -0.3 is 20.9 Å². The van der Waals surface area contributed by atoms with Gasteiger partial charge in [-0.05, 0) is 38.5 Å². The molecule has 1 unspecified atom stereocenters. The summed E-state index contributed by atoms with van der Waals surface area (Å²) < 4.78 is 0. The van der Waals surface area contributed by atoms with Gasteiger partial charge in [-0.1, -0.05) is 17.7 Å². The van der Waals surface area contributed by atoms with Gasteiger partial charge in [0.2, 0.25) is 5.91 Å². The lowest BCUT2D eigenvalue weighted by molar-refractivity contribution is -0.119. The van der Waals surface area contributed by atoms with E-state index in [1.165, 1.54) is 0 Å². The topological polar surface area (TPSA) is 68.8 Å². The summed E-state index contributed by atoms with van der Waals surface area (Å²) in [7, 11) is 0. The van der Waals surface area contributed by atoms with Crippen molar-refractivity contribution in [3.63, 3.8) is 0 Å². The van der Waals surface area contributed by atoms with Gasteiger partial charge in [0, 0.05) is 42.9 Å². The van der Waals surface area contributed by atoms with Crippen LogP contribution in [0.1, 0.15) is 20.3 Å². The van der Waals surface area contributed by atoms with Crippen molar-refractivity contribution in [1.29, 1.82) is 0 Å². The fourth-order valence-corrected chi connectivity index (χ4v) is 2.89. The summed E-state index contributed by atoms with van der Waals surface area (Å²) in [6.45, 7) is 7.26. The zero-order valence-electron chi connectivity index (χ0n) is 14.3. The van der Waals surface area contributed by atoms with E-state index in [2.05, 4.69) is 31.9 Å². The van der Waals surface area contributed by atoms with Crippen LogP contribution in [-0.4, -0.2) is 50.6 Å². The number of amides is 1. The molecule has 1 fully saturated rings. The second-order valence-corrected chi connectivity index (χ2v) is 6.14. The minimum atomic E-state index is -0.0679. The van der Waals surface area contributed by atoms with Crippen molar-refractivity contribution in [2.45, 2.75) is 26.3 Å². The number of hydrogen-bond acceptors (Lipinski definition) is 3. The predicted molar refractivity (Wildman–Crippen MR) is 99.9 cm³/mol. The fourth-order valence-electron chi connectivity index (χ4n) is 2.70. The minimum absolute atomic E-state index is 0.0679. The Bertz CT molecular complexity index is 578. The molecular formula is C17H26ClN5O. The number of anilines is 1. The van der Waals surface area contributed by atoms with E-state index in [9.17, 15) is 4.79 Å². The number of aliphatic imine (C=N–C) groups is 1. The van der Waals surface area contributed by atoms with Crippen molar-refractivity contribution in [3.05, 3.63) is 29.3 Å². The first-order chi connectivity index (χ1) is 11.6. The molecule has 1 heterocycles. The molecule has 7 heteroatoms. The first-order valence-corrected chi connectivity index (χ1v) is 8.82. The molecule has 132 valence electrons. The van der Waals surface area contributed by atoms with Gasteiger partial charge >= 0.3 is 0 Å². The number of rotatable bonds is 6. The number of nitrogens with zero attached hydrogens (tertiary/aromatic N) is 2. The molecule has 6 nitrogen and oxygen atoms in total. The number of hydrogen-bond donors (Lipinski definition) is 3. The first-order valence-electron chi connectivity index (χ1n) is 8.44. The molecule has 3 N–H and O–H groups in total. The molecule has 1 aromatic carbocycles. The van der Waals surface area contributed by atoms with Crippen LogP contribution in [0.25, 0.3) is 0 Å². The monoisotopic (exact) mass is 351 g/mol. The first kappa shape index (κ1) is 18.4. The average Bonchev–Trinajstić information content (AvgIpc) is 3.02. The zero-order chi connectivity index (χ0) is 17.4. The normalized spacial score (nSPS) is 17.7. The highest BCUT2D eigenvalue weighted by atomic mass is 35.5. The van der Waals surface area contributed by atoms with Gasteiger partial charge in [-0.3, -0.25) is 4.79 Å². The van der Waals surface area contributed by atoms with Crippen molar-refractivity contribution >= 4 is 29.2 Å². The lowest BCUT2D eigenvalue weighted by Crippen LogP contribution is -2.45. The van der Waals surface area contributed by atoms with Crippen LogP contribution < -0.4 is 20.9 Å².